The minimum absolute atomic E-state index is 0.105. The lowest BCUT2D eigenvalue weighted by Crippen LogP contribution is -2.32. The van der Waals surface area contributed by atoms with Crippen molar-refractivity contribution in [1.29, 1.82) is 0 Å². The van der Waals surface area contributed by atoms with Gasteiger partial charge in [0.15, 0.2) is 0 Å². The largest absolute Gasteiger partial charge is 0.352 e. The number of hydrogen-bond acceptors (Lipinski definition) is 4. The minimum atomic E-state index is -3.71. The summed E-state index contributed by atoms with van der Waals surface area (Å²) >= 11 is 0. The fourth-order valence-electron chi connectivity index (χ4n) is 3.57. The van der Waals surface area contributed by atoms with Crippen molar-refractivity contribution >= 4 is 26.8 Å². The summed E-state index contributed by atoms with van der Waals surface area (Å²) in [5.74, 6) is -0.412. The van der Waals surface area contributed by atoms with Crippen LogP contribution in [-0.4, -0.2) is 43.2 Å². The van der Waals surface area contributed by atoms with Gasteiger partial charge in [-0.15, -0.1) is 0 Å². The van der Waals surface area contributed by atoms with Crippen LogP contribution in [0.3, 0.4) is 0 Å². The lowest BCUT2D eigenvalue weighted by molar-refractivity contribution is 0.0955. The molecule has 32 heavy (non-hydrogen) atoms. The van der Waals surface area contributed by atoms with E-state index in [0.717, 1.165) is 18.4 Å². The van der Waals surface area contributed by atoms with Gasteiger partial charge in [-0.3, -0.25) is 9.59 Å². The molecule has 0 fully saturated rings. The number of H-pyrrole nitrogens is 1. The van der Waals surface area contributed by atoms with E-state index in [1.807, 2.05) is 37.3 Å². The third-order valence-corrected chi connectivity index (χ3v) is 7.32. The van der Waals surface area contributed by atoms with E-state index < -0.39 is 21.5 Å². The Hall–Kier alpha value is -2.97. The third kappa shape index (κ3) is 5.44. The number of carbonyl (C=O) groups is 1. The normalized spacial score (nSPS) is 11.7. The average molecular weight is 456 g/mol. The summed E-state index contributed by atoms with van der Waals surface area (Å²) in [6.07, 6.45) is 2.30. The van der Waals surface area contributed by atoms with Crippen molar-refractivity contribution in [2.75, 3.05) is 19.6 Å². The van der Waals surface area contributed by atoms with E-state index >= 15 is 0 Å². The summed E-state index contributed by atoms with van der Waals surface area (Å²) < 4.78 is 27.7. The molecular weight excluding hydrogens is 426 g/mol. The molecule has 7 nitrogen and oxygen atoms in total. The van der Waals surface area contributed by atoms with Crippen LogP contribution in [0.15, 0.2) is 64.3 Å². The van der Waals surface area contributed by atoms with Gasteiger partial charge in [-0.05, 0) is 36.6 Å². The quantitative estimate of drug-likeness (QED) is 0.490. The van der Waals surface area contributed by atoms with Gasteiger partial charge in [-0.25, -0.2) is 8.42 Å². The molecule has 2 aromatic carbocycles. The van der Waals surface area contributed by atoms with Gasteiger partial charge in [0.1, 0.15) is 0 Å². The Morgan fingerprint density at radius 3 is 2.50 bits per heavy atom. The highest BCUT2D eigenvalue weighted by molar-refractivity contribution is 7.89. The highest BCUT2D eigenvalue weighted by Gasteiger charge is 2.24. The van der Waals surface area contributed by atoms with E-state index in [-0.39, 0.29) is 10.5 Å². The van der Waals surface area contributed by atoms with Crippen molar-refractivity contribution < 1.29 is 13.2 Å². The van der Waals surface area contributed by atoms with Gasteiger partial charge in [-0.1, -0.05) is 50.6 Å². The number of sulfonamides is 1. The van der Waals surface area contributed by atoms with Gasteiger partial charge in [0.25, 0.3) is 5.91 Å². The van der Waals surface area contributed by atoms with E-state index in [1.165, 1.54) is 28.6 Å². The third-order valence-electron chi connectivity index (χ3n) is 5.35. The number of benzene rings is 2. The van der Waals surface area contributed by atoms with Crippen molar-refractivity contribution in [2.24, 2.45) is 0 Å². The number of amides is 1. The summed E-state index contributed by atoms with van der Waals surface area (Å²) in [6, 6.07) is 15.4. The van der Waals surface area contributed by atoms with Crippen LogP contribution in [-0.2, 0) is 16.4 Å². The number of rotatable bonds is 10. The van der Waals surface area contributed by atoms with Crippen LogP contribution >= 0.6 is 0 Å². The average Bonchev–Trinajstić information content (AvgIpc) is 2.79. The molecule has 1 heterocycles. The summed E-state index contributed by atoms with van der Waals surface area (Å²) in [6.45, 7) is 5.01. The van der Waals surface area contributed by atoms with Crippen LogP contribution in [0.25, 0.3) is 10.9 Å². The Morgan fingerprint density at radius 2 is 1.81 bits per heavy atom. The molecular formula is C24H29N3O4S. The van der Waals surface area contributed by atoms with Gasteiger partial charge in [0.05, 0.1) is 10.5 Å². The highest BCUT2D eigenvalue weighted by Crippen LogP contribution is 2.23. The molecule has 1 aromatic heterocycles. The second kappa shape index (κ2) is 10.6. The van der Waals surface area contributed by atoms with E-state index in [1.54, 1.807) is 6.92 Å². The Bertz CT molecular complexity index is 1240. The van der Waals surface area contributed by atoms with E-state index in [2.05, 4.69) is 10.3 Å². The Balaban J connectivity index is 1.91. The molecule has 1 amide bonds. The van der Waals surface area contributed by atoms with Crippen LogP contribution in [0, 0.1) is 0 Å². The van der Waals surface area contributed by atoms with Gasteiger partial charge >= 0.3 is 0 Å². The van der Waals surface area contributed by atoms with Crippen molar-refractivity contribution in [3.05, 3.63) is 76.1 Å². The molecule has 8 heteroatoms. The first-order chi connectivity index (χ1) is 15.4. The number of aromatic amines is 1. The maximum absolute atomic E-state index is 13.1. The van der Waals surface area contributed by atoms with Crippen LogP contribution in [0.4, 0.5) is 0 Å². The summed E-state index contributed by atoms with van der Waals surface area (Å²) in [5.41, 5.74) is 1.25. The second-order valence-corrected chi connectivity index (χ2v) is 9.53. The van der Waals surface area contributed by atoms with Gasteiger partial charge in [0.2, 0.25) is 15.6 Å². The van der Waals surface area contributed by atoms with E-state index in [0.29, 0.717) is 37.0 Å². The number of hydrogen-bond donors (Lipinski definition) is 2. The molecule has 0 saturated heterocycles. The molecule has 0 unspecified atom stereocenters. The lowest BCUT2D eigenvalue weighted by atomic mass is 10.1. The number of unbranched alkanes of at least 4 members (excludes halogenated alkanes) is 1. The van der Waals surface area contributed by atoms with Gasteiger partial charge < -0.3 is 10.3 Å². The van der Waals surface area contributed by atoms with Gasteiger partial charge in [-0.2, -0.15) is 4.31 Å². The molecule has 0 aliphatic rings. The van der Waals surface area contributed by atoms with Crippen LogP contribution in [0.2, 0.25) is 0 Å². The first-order valence-corrected chi connectivity index (χ1v) is 12.3. The SMILES string of the molecule is CCCCN(CC)S(=O)(=O)c1ccc2[nH]c(=O)cc(C(=O)NCCc3ccccc3)c2c1. The zero-order chi connectivity index (χ0) is 23.1. The lowest BCUT2D eigenvalue weighted by Gasteiger charge is -2.20. The highest BCUT2D eigenvalue weighted by atomic mass is 32.2. The molecule has 0 aliphatic heterocycles. The topological polar surface area (TPSA) is 99.3 Å². The monoisotopic (exact) mass is 455 g/mol. The summed E-state index contributed by atoms with van der Waals surface area (Å²) in [4.78, 5) is 27.8. The molecule has 0 radical (unpaired) electrons. The smallest absolute Gasteiger partial charge is 0.252 e. The molecule has 3 aromatic rings. The second-order valence-electron chi connectivity index (χ2n) is 7.60. The minimum Gasteiger partial charge on any atom is -0.352 e. The predicted octanol–water partition coefficient (Wildman–Crippen LogP) is 3.31. The number of carbonyl (C=O) groups excluding carboxylic acids is 1. The molecule has 0 spiro atoms. The zero-order valence-electron chi connectivity index (χ0n) is 18.4. The maximum Gasteiger partial charge on any atom is 0.252 e. The Kier molecular flexibility index (Phi) is 7.82. The summed E-state index contributed by atoms with van der Waals surface area (Å²) in [5, 5.41) is 3.23. The first kappa shape index (κ1) is 23.7. The van der Waals surface area contributed by atoms with Crippen LogP contribution in [0.1, 0.15) is 42.6 Å². The van der Waals surface area contributed by atoms with Crippen molar-refractivity contribution in [3.63, 3.8) is 0 Å². The number of aromatic nitrogens is 1. The molecule has 170 valence electrons. The number of nitrogens with zero attached hydrogens (tertiary/aromatic N) is 1. The number of pyridine rings is 1. The summed E-state index contributed by atoms with van der Waals surface area (Å²) in [7, 11) is -3.71. The first-order valence-electron chi connectivity index (χ1n) is 10.9. The molecule has 2 N–H and O–H groups in total. The zero-order valence-corrected chi connectivity index (χ0v) is 19.2. The molecule has 0 aliphatic carbocycles. The fourth-order valence-corrected chi connectivity index (χ4v) is 5.09. The van der Waals surface area contributed by atoms with Crippen molar-refractivity contribution in [2.45, 2.75) is 38.0 Å². The van der Waals surface area contributed by atoms with E-state index in [9.17, 15) is 18.0 Å². The van der Waals surface area contributed by atoms with E-state index in [4.69, 9.17) is 0 Å². The fraction of sp³-hybridized carbons (Fsp3) is 0.333. The van der Waals surface area contributed by atoms with Crippen molar-refractivity contribution in [1.82, 2.24) is 14.6 Å². The number of fused-ring (bicyclic) bond motifs is 1. The van der Waals surface area contributed by atoms with Gasteiger partial charge in [0, 0.05) is 36.6 Å². The number of nitrogens with one attached hydrogen (secondary N) is 2. The predicted molar refractivity (Wildman–Crippen MR) is 126 cm³/mol. The Morgan fingerprint density at radius 1 is 1.06 bits per heavy atom. The maximum atomic E-state index is 13.1. The molecule has 0 saturated carbocycles. The van der Waals surface area contributed by atoms with Crippen LogP contribution in [0.5, 0.6) is 0 Å². The Labute approximate surface area is 188 Å². The molecule has 3 rings (SSSR count). The standard InChI is InChI=1S/C24H29N3O4S/c1-3-5-15-27(4-2)32(30,31)19-11-12-22-20(16-19)21(17-23(28)26-22)24(29)25-14-13-18-9-7-6-8-10-18/h6-12,16-17H,3-5,13-15H2,1-2H3,(H,25,29)(H,26,28). The molecule has 0 atom stereocenters. The van der Waals surface area contributed by atoms with Crippen LogP contribution < -0.4 is 10.9 Å². The van der Waals surface area contributed by atoms with Crippen molar-refractivity contribution in [3.8, 4) is 0 Å². The molecule has 0 bridgehead atoms.